The molecule has 0 fully saturated rings. The largest absolute Gasteiger partial charge is 0.354 e. The van der Waals surface area contributed by atoms with Crippen LogP contribution >= 0.6 is 22.0 Å². The van der Waals surface area contributed by atoms with E-state index in [0.29, 0.717) is 0 Å². The number of rotatable bonds is 2. The number of hydrogen-bond acceptors (Lipinski definition) is 4. The summed E-state index contributed by atoms with van der Waals surface area (Å²) in [5.74, 6) is -0.450. The van der Waals surface area contributed by atoms with Crippen molar-refractivity contribution in [3.8, 4) is 0 Å². The van der Waals surface area contributed by atoms with Crippen LogP contribution < -0.4 is 5.32 Å². The van der Waals surface area contributed by atoms with Gasteiger partial charge in [0, 0.05) is 17.7 Å². The Kier molecular flexibility index (Phi) is 2.94. The van der Waals surface area contributed by atoms with Gasteiger partial charge in [-0.2, -0.15) is 0 Å². The first-order valence-electron chi connectivity index (χ1n) is 3.21. The summed E-state index contributed by atoms with van der Waals surface area (Å²) in [5.41, 5.74) is 0. The maximum atomic E-state index is 11.1. The summed E-state index contributed by atoms with van der Waals surface area (Å²) in [4.78, 5) is 11.1. The van der Waals surface area contributed by atoms with E-state index in [1.54, 1.807) is 0 Å². The van der Waals surface area contributed by atoms with E-state index in [1.165, 1.54) is 18.5 Å². The molecule has 0 spiro atoms. The van der Waals surface area contributed by atoms with Gasteiger partial charge in [-0.15, -0.1) is 11.3 Å². The van der Waals surface area contributed by atoms with E-state index in [2.05, 4.69) is 5.32 Å². The van der Waals surface area contributed by atoms with Gasteiger partial charge in [-0.3, -0.25) is 4.79 Å². The van der Waals surface area contributed by atoms with Crippen LogP contribution in [0.25, 0.3) is 0 Å². The van der Waals surface area contributed by atoms with Gasteiger partial charge in [0.25, 0.3) is 15.0 Å². The Morgan fingerprint density at radius 1 is 1.62 bits per heavy atom. The van der Waals surface area contributed by atoms with Gasteiger partial charge in [0.1, 0.15) is 9.77 Å². The molecule has 0 saturated heterocycles. The highest BCUT2D eigenvalue weighted by Gasteiger charge is 2.20. The number of hydrogen-bond donors (Lipinski definition) is 1. The first-order valence-corrected chi connectivity index (χ1v) is 6.40. The van der Waals surface area contributed by atoms with Crippen LogP contribution in [0.3, 0.4) is 0 Å². The van der Waals surface area contributed by atoms with Gasteiger partial charge < -0.3 is 5.32 Å². The van der Waals surface area contributed by atoms with Crippen LogP contribution in [0.15, 0.2) is 16.3 Å². The predicted octanol–water partition coefficient (Wildman–Crippen LogP) is 1.04. The third-order valence-corrected chi connectivity index (χ3v) is 3.73. The zero-order valence-electron chi connectivity index (χ0n) is 6.57. The van der Waals surface area contributed by atoms with Crippen molar-refractivity contribution in [2.45, 2.75) is 4.90 Å². The molecule has 0 aliphatic carbocycles. The Bertz CT molecular complexity index is 423. The molecule has 1 N–H and O–H groups in total. The monoisotopic (exact) mass is 239 g/mol. The maximum absolute atomic E-state index is 11.1. The molecule has 0 radical (unpaired) electrons. The van der Waals surface area contributed by atoms with Crippen LogP contribution in [0.4, 0.5) is 0 Å². The zero-order chi connectivity index (χ0) is 10.1. The van der Waals surface area contributed by atoms with E-state index in [0.717, 1.165) is 11.3 Å². The minimum Gasteiger partial charge on any atom is -0.354 e. The van der Waals surface area contributed by atoms with Gasteiger partial charge in [-0.05, 0) is 11.4 Å². The fraction of sp³-hybridized carbons (Fsp3) is 0.167. The van der Waals surface area contributed by atoms with E-state index in [4.69, 9.17) is 10.7 Å². The first kappa shape index (κ1) is 10.5. The average Bonchev–Trinajstić information content (AvgIpc) is 2.49. The van der Waals surface area contributed by atoms with E-state index < -0.39 is 15.0 Å². The third kappa shape index (κ3) is 2.20. The molecule has 0 bridgehead atoms. The maximum Gasteiger partial charge on any atom is 0.262 e. The number of carbonyl (C=O) groups excluding carboxylic acids is 1. The minimum atomic E-state index is -3.82. The van der Waals surface area contributed by atoms with Gasteiger partial charge >= 0.3 is 0 Å². The van der Waals surface area contributed by atoms with Crippen molar-refractivity contribution in [2.75, 3.05) is 7.05 Å². The molecule has 1 aromatic heterocycles. The summed E-state index contributed by atoms with van der Waals surface area (Å²) < 4.78 is 21.9. The molecule has 7 heteroatoms. The van der Waals surface area contributed by atoms with Gasteiger partial charge in [0.05, 0.1) is 0 Å². The van der Waals surface area contributed by atoms with Gasteiger partial charge in [-0.1, -0.05) is 0 Å². The second-order valence-corrected chi connectivity index (χ2v) is 5.58. The molecule has 13 heavy (non-hydrogen) atoms. The Balaban J connectivity index is 3.26. The van der Waals surface area contributed by atoms with Crippen LogP contribution in [0.5, 0.6) is 0 Å². The van der Waals surface area contributed by atoms with Crippen molar-refractivity contribution >= 4 is 37.0 Å². The molecule has 0 saturated carbocycles. The van der Waals surface area contributed by atoms with E-state index in [1.807, 2.05) is 0 Å². The molecule has 4 nitrogen and oxygen atoms in total. The van der Waals surface area contributed by atoms with Crippen LogP contribution in [-0.2, 0) is 9.05 Å². The summed E-state index contributed by atoms with van der Waals surface area (Å²) in [5, 5.41) is 3.83. The number of carbonyl (C=O) groups is 1. The lowest BCUT2D eigenvalue weighted by molar-refractivity contribution is 0.0964. The summed E-state index contributed by atoms with van der Waals surface area (Å²) in [6.45, 7) is 0. The molecule has 1 heterocycles. The van der Waals surface area contributed by atoms with Crippen molar-refractivity contribution in [3.05, 3.63) is 16.3 Å². The van der Waals surface area contributed by atoms with Gasteiger partial charge in [0.15, 0.2) is 0 Å². The summed E-state index contributed by atoms with van der Waals surface area (Å²) >= 11 is 1.03. The van der Waals surface area contributed by atoms with E-state index in [-0.39, 0.29) is 9.77 Å². The second-order valence-electron chi connectivity index (χ2n) is 2.13. The lowest BCUT2D eigenvalue weighted by Gasteiger charge is -1.97. The molecular formula is C6H6ClNO3S2. The topological polar surface area (TPSA) is 63.2 Å². The molecule has 1 rings (SSSR count). The van der Waals surface area contributed by atoms with Crippen molar-refractivity contribution in [1.29, 1.82) is 0 Å². The fourth-order valence-electron chi connectivity index (χ4n) is 0.769. The van der Waals surface area contributed by atoms with Crippen molar-refractivity contribution in [3.63, 3.8) is 0 Å². The number of nitrogens with one attached hydrogen (secondary N) is 1. The molecule has 1 aromatic rings. The molecule has 0 atom stereocenters. The quantitative estimate of drug-likeness (QED) is 0.785. The Morgan fingerprint density at radius 2 is 2.23 bits per heavy atom. The molecule has 0 aliphatic heterocycles. The SMILES string of the molecule is CNC(=O)c1sccc1S(=O)(=O)Cl. The zero-order valence-corrected chi connectivity index (χ0v) is 8.96. The van der Waals surface area contributed by atoms with Crippen LogP contribution in [0, 0.1) is 0 Å². The average molecular weight is 240 g/mol. The number of thiophene rings is 1. The molecular weight excluding hydrogens is 234 g/mol. The molecule has 72 valence electrons. The lowest BCUT2D eigenvalue weighted by atomic mass is 10.4. The van der Waals surface area contributed by atoms with Crippen LogP contribution in [-0.4, -0.2) is 21.4 Å². The molecule has 0 unspecified atom stereocenters. The number of halogens is 1. The van der Waals surface area contributed by atoms with E-state index in [9.17, 15) is 13.2 Å². The second kappa shape index (κ2) is 3.65. The standard InChI is InChI=1S/C6H6ClNO3S2/c1-8-6(9)5-4(2-3-12-5)13(7,10)11/h2-3H,1H3,(H,8,9). The van der Waals surface area contributed by atoms with Crippen LogP contribution in [0.1, 0.15) is 9.67 Å². The summed E-state index contributed by atoms with van der Waals surface area (Å²) in [6.07, 6.45) is 0. The predicted molar refractivity (Wildman–Crippen MR) is 50.7 cm³/mol. The Morgan fingerprint density at radius 3 is 2.69 bits per heavy atom. The molecule has 0 aromatic carbocycles. The van der Waals surface area contributed by atoms with Crippen molar-refractivity contribution in [2.24, 2.45) is 0 Å². The third-order valence-electron chi connectivity index (χ3n) is 1.33. The normalized spacial score (nSPS) is 11.2. The van der Waals surface area contributed by atoms with Crippen molar-refractivity contribution < 1.29 is 13.2 Å². The van der Waals surface area contributed by atoms with E-state index >= 15 is 0 Å². The van der Waals surface area contributed by atoms with Gasteiger partial charge in [-0.25, -0.2) is 8.42 Å². The minimum absolute atomic E-state index is 0.109. The first-order chi connectivity index (χ1) is 5.96. The lowest BCUT2D eigenvalue weighted by Crippen LogP contribution is -2.18. The van der Waals surface area contributed by atoms with Crippen molar-refractivity contribution in [1.82, 2.24) is 5.32 Å². The van der Waals surface area contributed by atoms with Gasteiger partial charge in [0.2, 0.25) is 0 Å². The highest BCUT2D eigenvalue weighted by atomic mass is 35.7. The fourth-order valence-corrected chi connectivity index (χ4v) is 3.13. The summed E-state index contributed by atoms with van der Waals surface area (Å²) in [7, 11) is 2.70. The Labute approximate surface area is 83.9 Å². The molecule has 1 amide bonds. The molecule has 0 aliphatic rings. The van der Waals surface area contributed by atoms with Crippen LogP contribution in [0.2, 0.25) is 0 Å². The highest BCUT2D eigenvalue weighted by molar-refractivity contribution is 8.13. The number of amides is 1. The highest BCUT2D eigenvalue weighted by Crippen LogP contribution is 2.24. The smallest absolute Gasteiger partial charge is 0.262 e. The summed E-state index contributed by atoms with van der Waals surface area (Å²) in [6, 6.07) is 1.30. The Hall–Kier alpha value is -0.590.